The van der Waals surface area contributed by atoms with Crippen molar-refractivity contribution in [2.45, 2.75) is 112 Å². The third kappa shape index (κ3) is 22.0. The minimum atomic E-state index is -5.85. The second-order valence-corrected chi connectivity index (χ2v) is 28.1. The highest BCUT2D eigenvalue weighted by Gasteiger charge is 2.65. The number of benzene rings is 1. The third-order valence-electron chi connectivity index (χ3n) is 13.0. The highest BCUT2D eigenvalue weighted by atomic mass is 33.1. The molecule has 6 rings (SSSR count). The van der Waals surface area contributed by atoms with Gasteiger partial charge in [0.2, 0.25) is 23.7 Å². The van der Waals surface area contributed by atoms with Crippen LogP contribution in [0.4, 0.5) is 28.7 Å². The molecule has 0 saturated carbocycles. The van der Waals surface area contributed by atoms with Gasteiger partial charge in [0.25, 0.3) is 11.5 Å². The van der Waals surface area contributed by atoms with E-state index in [1.54, 1.807) is 11.8 Å². The van der Waals surface area contributed by atoms with Crippen molar-refractivity contribution in [2.24, 2.45) is 16.1 Å². The Balaban J connectivity index is 0.984. The number of hydrogen-bond acceptors (Lipinski definition) is 23. The van der Waals surface area contributed by atoms with Crippen LogP contribution in [-0.4, -0.2) is 168 Å². The number of amides is 7. The number of imidazole rings is 1. The number of H-pyrrole nitrogens is 1. The topological polar surface area (TPSA) is 479 Å². The first kappa shape index (κ1) is 70.7. The number of nitrogen functional groups attached to an aromatic ring is 1. The van der Waals surface area contributed by atoms with Gasteiger partial charge in [0.1, 0.15) is 12.1 Å². The van der Waals surface area contributed by atoms with Crippen molar-refractivity contribution < 1.29 is 97.8 Å². The third-order valence-corrected chi connectivity index (χ3v) is 20.7. The number of unbranched alkanes of at least 4 members (excludes halogenated alkanes) is 2. The van der Waals surface area contributed by atoms with Crippen LogP contribution in [0.3, 0.4) is 0 Å². The Morgan fingerprint density at radius 1 is 0.885 bits per heavy atom. The average molecular weight is 1350 g/mol. The monoisotopic (exact) mass is 1350 g/mol. The molecule has 0 bridgehead atoms. The molecule has 42 heteroatoms. The van der Waals surface area contributed by atoms with Gasteiger partial charge in [-0.05, 0) is 56.6 Å². The minimum absolute atomic E-state index is 0.0246. The fourth-order valence-corrected chi connectivity index (χ4v) is 15.5. The number of anilines is 1. The number of aromatic amines is 1. The summed E-state index contributed by atoms with van der Waals surface area (Å²) in [4.78, 5) is 138. The van der Waals surface area contributed by atoms with Crippen LogP contribution in [0.25, 0.3) is 11.2 Å². The van der Waals surface area contributed by atoms with Crippen LogP contribution in [0.2, 0.25) is 0 Å². The summed E-state index contributed by atoms with van der Waals surface area (Å²) in [7, 11) is -13.3. The predicted molar refractivity (Wildman–Crippen MR) is 307 cm³/mol. The van der Waals surface area contributed by atoms with Gasteiger partial charge in [0.05, 0.1) is 25.0 Å². The van der Waals surface area contributed by atoms with Crippen LogP contribution in [0.15, 0.2) is 45.6 Å². The number of phosphoric ester groups is 1. The number of fused-ring (bicyclic) bond motifs is 2. The number of nitrogens with one attached hydrogen (secondary N) is 8. The average Bonchev–Trinajstić information content (AvgIpc) is 1.62. The van der Waals surface area contributed by atoms with E-state index in [1.165, 1.54) is 52.3 Å². The van der Waals surface area contributed by atoms with Gasteiger partial charge in [-0.15, -0.1) is 10.2 Å². The van der Waals surface area contributed by atoms with Gasteiger partial charge >= 0.3 is 47.4 Å². The van der Waals surface area contributed by atoms with Crippen molar-refractivity contribution in [3.05, 3.63) is 52.1 Å². The van der Waals surface area contributed by atoms with E-state index in [4.69, 9.17) is 29.5 Å². The normalized spacial score (nSPS) is 19.7. The molecule has 0 radical (unpaired) electrons. The van der Waals surface area contributed by atoms with Crippen molar-refractivity contribution in [3.63, 3.8) is 0 Å². The molecule has 9 atom stereocenters. The predicted octanol–water partition coefficient (Wildman–Crippen LogP) is 3.31. The zero-order chi connectivity index (χ0) is 63.7. The molecule has 0 aliphatic carbocycles. The number of rotatable bonds is 37. The molecule has 2 aromatic heterocycles. The first-order chi connectivity index (χ1) is 41.0. The highest BCUT2D eigenvalue weighted by Crippen LogP contribution is 2.66. The van der Waals surface area contributed by atoms with Crippen LogP contribution in [0, 0.1) is 5.92 Å². The van der Waals surface area contributed by atoms with Crippen LogP contribution in [0.1, 0.15) is 86.9 Å². The summed E-state index contributed by atoms with van der Waals surface area (Å²) in [5.74, 6) is -1.50. The first-order valence-electron chi connectivity index (χ1n) is 26.6. The standard InChI is InChI=1S/C45H66F3N14O19P3S3/c1-25(22-78-83(73,74)81-84(75,76)80-82(70,71)72)21-30(40(77-2)62-24-54-35-36(62)58-41(49)59-39(35)67)79-43(69)53-17-16-51-38(66)28(7-5-6-15-50-32(63)9-4-3-8-31-34-29(23-85-31)56-42(68)57-34)55-33(64)14-19-86-87-20-18-52-37(65)26-10-12-27(13-11-26)44(60-61-44)45(46,47)48/h10-13,24-25,28-31,34,40H,3-9,14-23H2,1-2H3,(H,50,63)(H,51,66)(H,52,65)(H,53,69)(H,55,64)(H,73,74)(H,75,76)(H2,56,57,68)(H2,70,71,72)(H3,49,58,59,67)/t25-,28?,29?,30?,31?,34?,40+/m0/s1. The van der Waals surface area contributed by atoms with E-state index in [-0.39, 0.29) is 96.4 Å². The number of aromatic nitrogens is 4. The summed E-state index contributed by atoms with van der Waals surface area (Å²) in [5.41, 5.74) is 2.03. The highest BCUT2D eigenvalue weighted by molar-refractivity contribution is 8.76. The maximum atomic E-state index is 13.7. The number of methoxy groups -OCH3 is 1. The zero-order valence-corrected chi connectivity index (χ0v) is 51.5. The lowest BCUT2D eigenvalue weighted by atomic mass is 10.0. The molecule has 33 nitrogen and oxygen atoms in total. The molecule has 87 heavy (non-hydrogen) atoms. The van der Waals surface area contributed by atoms with E-state index in [9.17, 15) is 70.2 Å². The smallest absolute Gasteiger partial charge is 0.441 e. The number of ether oxygens (including phenoxy) is 2. The van der Waals surface area contributed by atoms with Crippen LogP contribution < -0.4 is 48.5 Å². The number of thioether (sulfide) groups is 1. The fraction of sp³-hybridized carbons (Fsp3) is 0.622. The number of nitrogens with two attached hydrogens (primary N) is 1. The van der Waals surface area contributed by atoms with Gasteiger partial charge < -0.3 is 72.0 Å². The summed E-state index contributed by atoms with van der Waals surface area (Å²) in [6.07, 6.45) is -4.27. The van der Waals surface area contributed by atoms with Gasteiger partial charge in [-0.3, -0.25) is 38.0 Å². The van der Waals surface area contributed by atoms with E-state index in [2.05, 4.69) is 71.0 Å². The summed E-state index contributed by atoms with van der Waals surface area (Å²) in [5, 5.41) is 25.8. The molecule has 14 N–H and O–H groups in total. The zero-order valence-electron chi connectivity index (χ0n) is 46.4. The van der Waals surface area contributed by atoms with Crippen LogP contribution >= 0.6 is 56.8 Å². The number of alkyl carbamates (subject to hydrolysis) is 1. The summed E-state index contributed by atoms with van der Waals surface area (Å²) < 4.78 is 100. The Hall–Kier alpha value is -5.40. The van der Waals surface area contributed by atoms with Crippen LogP contribution in [-0.2, 0) is 56.4 Å². The quantitative estimate of drug-likeness (QED) is 0.0170. The molecular weight excluding hydrogens is 1290 g/mol. The van der Waals surface area contributed by atoms with Crippen molar-refractivity contribution in [3.8, 4) is 0 Å². The lowest BCUT2D eigenvalue weighted by Gasteiger charge is -2.29. The molecule has 2 fully saturated rings. The molecule has 484 valence electrons. The Morgan fingerprint density at radius 3 is 2.29 bits per heavy atom. The summed E-state index contributed by atoms with van der Waals surface area (Å²) in [6.45, 7) is 0.601. The van der Waals surface area contributed by atoms with Gasteiger partial charge in [-0.2, -0.15) is 38.5 Å². The van der Waals surface area contributed by atoms with Gasteiger partial charge in [0, 0.05) is 79.8 Å². The molecule has 3 aliphatic rings. The number of carbonyl (C=O) groups excluding carboxylic acids is 6. The number of phosphoric acid groups is 3. The summed E-state index contributed by atoms with van der Waals surface area (Å²) in [6, 6.07) is 3.71. The molecule has 0 spiro atoms. The van der Waals surface area contributed by atoms with Crippen molar-refractivity contribution in [2.75, 3.05) is 62.9 Å². The maximum absolute atomic E-state index is 13.7. The molecule has 3 aliphatic heterocycles. The first-order valence-corrected chi connectivity index (χ1v) is 34.7. The number of hydrogen-bond donors (Lipinski definition) is 13. The Bertz CT molecular complexity index is 3150. The number of urea groups is 1. The van der Waals surface area contributed by atoms with Crippen molar-refractivity contribution in [1.82, 2.24) is 56.7 Å². The molecule has 7 unspecified atom stereocenters. The van der Waals surface area contributed by atoms with Gasteiger partial charge in [-0.25, -0.2) is 28.3 Å². The van der Waals surface area contributed by atoms with Crippen molar-refractivity contribution >= 4 is 110 Å². The lowest BCUT2D eigenvalue weighted by molar-refractivity contribution is -0.166. The van der Waals surface area contributed by atoms with E-state index in [0.717, 1.165) is 37.1 Å². The number of alkyl halides is 3. The molecule has 2 saturated heterocycles. The van der Waals surface area contributed by atoms with Gasteiger partial charge in [-0.1, -0.05) is 47.1 Å². The second kappa shape index (κ2) is 31.9. The Labute approximate surface area is 505 Å². The molecular formula is C45H66F3N14O19P3S3. The number of halogens is 3. The van der Waals surface area contributed by atoms with Crippen LogP contribution in [0.5, 0.6) is 0 Å². The van der Waals surface area contributed by atoms with Crippen molar-refractivity contribution in [1.29, 1.82) is 0 Å². The Kier molecular flexibility index (Phi) is 25.9. The Morgan fingerprint density at radius 2 is 1.60 bits per heavy atom. The second-order valence-electron chi connectivity index (χ2n) is 19.7. The number of nitrogens with zero attached hydrogens (tertiary/aromatic N) is 5. The minimum Gasteiger partial charge on any atom is -0.441 e. The largest absolute Gasteiger partial charge is 0.490 e. The molecule has 1 aromatic carbocycles. The fourth-order valence-electron chi connectivity index (χ4n) is 8.89. The number of carbonyl (C=O) groups is 6. The molecule has 7 amide bonds. The van der Waals surface area contributed by atoms with E-state index >= 15 is 0 Å². The maximum Gasteiger partial charge on any atom is 0.490 e. The lowest BCUT2D eigenvalue weighted by Crippen LogP contribution is -2.48. The van der Waals surface area contributed by atoms with E-state index in [0.29, 0.717) is 43.7 Å². The van der Waals surface area contributed by atoms with E-state index in [1.807, 2.05) is 0 Å². The molecule has 5 heterocycles. The van der Waals surface area contributed by atoms with Gasteiger partial charge in [0.15, 0.2) is 17.4 Å². The SMILES string of the molecule is CO[C@H](C(C[C@H](C)COP(=O)(O)OP(=O)(O)OP(=O)(O)O)OC(=O)NCCNC(=O)C(CCCCNC(=O)CCCCC1SCC2NC(=O)NC21)NC(=O)CCSSCCNC(=O)c1ccc(C2(C(F)(F)F)N=N2)cc1)n1cnc2c(=O)[nH]c(N)nc21. The summed E-state index contributed by atoms with van der Waals surface area (Å²) >= 11 is 1.79. The molecule has 3 aromatic rings. The van der Waals surface area contributed by atoms with E-state index < -0.39 is 95.6 Å².